The number of esters is 1. The molecule has 3 rings (SSSR count). The molecule has 0 saturated carbocycles. The number of halogens is 3. The Morgan fingerprint density at radius 3 is 2.41 bits per heavy atom. The van der Waals surface area contributed by atoms with Crippen LogP contribution >= 0.6 is 0 Å². The molecule has 4 atom stereocenters. The van der Waals surface area contributed by atoms with E-state index in [-0.39, 0.29) is 13.2 Å². The molecule has 0 bridgehead atoms. The summed E-state index contributed by atoms with van der Waals surface area (Å²) in [5.74, 6) is -2.31. The molecule has 1 aromatic rings. The van der Waals surface area contributed by atoms with E-state index >= 15 is 0 Å². The average Bonchev–Trinajstić information content (AvgIpc) is 3.12. The van der Waals surface area contributed by atoms with Crippen LogP contribution in [0.5, 0.6) is 0 Å². The highest BCUT2D eigenvalue weighted by atomic mass is 32.2. The van der Waals surface area contributed by atoms with Gasteiger partial charge in [0.05, 0.1) is 13.2 Å². The Balaban J connectivity index is 1.83. The minimum atomic E-state index is -6.05. The molecular formula is C17H19F3O8S. The van der Waals surface area contributed by atoms with Gasteiger partial charge in [0.2, 0.25) is 6.10 Å². The maximum absolute atomic E-state index is 12.7. The van der Waals surface area contributed by atoms with Gasteiger partial charge in [-0.3, -0.25) is 0 Å². The molecule has 29 heavy (non-hydrogen) atoms. The van der Waals surface area contributed by atoms with Gasteiger partial charge in [-0.05, 0) is 19.4 Å². The normalized spacial score (nSPS) is 29.8. The van der Waals surface area contributed by atoms with Gasteiger partial charge in [0.15, 0.2) is 11.9 Å². The molecular weight excluding hydrogens is 421 g/mol. The zero-order chi connectivity index (χ0) is 21.4. The van der Waals surface area contributed by atoms with E-state index in [0.717, 1.165) is 0 Å². The highest BCUT2D eigenvalue weighted by Gasteiger charge is 2.58. The summed E-state index contributed by atoms with van der Waals surface area (Å²) in [5.41, 5.74) is -5.06. The van der Waals surface area contributed by atoms with Gasteiger partial charge in [-0.2, -0.15) is 21.6 Å². The summed E-state index contributed by atoms with van der Waals surface area (Å²) in [5, 5.41) is 0. The molecule has 8 nitrogen and oxygen atoms in total. The Kier molecular flexibility index (Phi) is 5.94. The van der Waals surface area contributed by atoms with Crippen molar-refractivity contribution in [3.63, 3.8) is 0 Å². The number of alkyl halides is 3. The number of ether oxygens (including phenoxy) is 4. The molecule has 0 aliphatic carbocycles. The molecule has 2 fully saturated rings. The van der Waals surface area contributed by atoms with E-state index in [1.54, 1.807) is 44.2 Å². The lowest BCUT2D eigenvalue weighted by Crippen LogP contribution is -2.45. The van der Waals surface area contributed by atoms with E-state index in [0.29, 0.717) is 5.56 Å². The van der Waals surface area contributed by atoms with Crippen molar-refractivity contribution in [1.82, 2.24) is 0 Å². The van der Waals surface area contributed by atoms with Crippen LogP contribution < -0.4 is 0 Å². The van der Waals surface area contributed by atoms with Gasteiger partial charge in [0.25, 0.3) is 0 Å². The first-order chi connectivity index (χ1) is 13.4. The van der Waals surface area contributed by atoms with Crippen LogP contribution in [0.15, 0.2) is 30.3 Å². The van der Waals surface area contributed by atoms with Crippen molar-refractivity contribution in [2.45, 2.75) is 56.2 Å². The van der Waals surface area contributed by atoms with Gasteiger partial charge >= 0.3 is 21.6 Å². The molecule has 0 amide bonds. The van der Waals surface area contributed by atoms with E-state index < -0.39 is 51.8 Å². The number of rotatable bonds is 6. The Morgan fingerprint density at radius 2 is 1.86 bits per heavy atom. The summed E-state index contributed by atoms with van der Waals surface area (Å²) < 4.78 is 86.9. The van der Waals surface area contributed by atoms with Crippen LogP contribution in [-0.2, 0) is 44.7 Å². The van der Waals surface area contributed by atoms with Crippen LogP contribution in [0.4, 0.5) is 13.2 Å². The third kappa shape index (κ3) is 4.89. The quantitative estimate of drug-likeness (QED) is 0.376. The average molecular weight is 440 g/mol. The molecule has 12 heteroatoms. The maximum atomic E-state index is 12.7. The molecule has 2 heterocycles. The molecule has 0 unspecified atom stereocenters. The molecule has 0 spiro atoms. The van der Waals surface area contributed by atoms with E-state index in [4.69, 9.17) is 18.9 Å². The first-order valence-corrected chi connectivity index (χ1v) is 9.98. The molecule has 0 aromatic heterocycles. The van der Waals surface area contributed by atoms with Crippen molar-refractivity contribution in [3.8, 4) is 0 Å². The zero-order valence-electron chi connectivity index (χ0n) is 15.4. The summed E-state index contributed by atoms with van der Waals surface area (Å²) in [6, 6.07) is 8.55. The van der Waals surface area contributed by atoms with E-state index in [1.807, 2.05) is 0 Å². The SMILES string of the molecule is CC1(C)OC[C@H]([C@H]2OC(=O)[C@H](OS(=O)(=O)C(F)(F)F)[C@H]2OCc2ccccc2)O1. The molecule has 162 valence electrons. The minimum Gasteiger partial charge on any atom is -0.455 e. The van der Waals surface area contributed by atoms with Crippen molar-refractivity contribution in [1.29, 1.82) is 0 Å². The number of carbonyl (C=O) groups is 1. The van der Waals surface area contributed by atoms with Crippen molar-refractivity contribution in [2.75, 3.05) is 6.61 Å². The van der Waals surface area contributed by atoms with Gasteiger partial charge < -0.3 is 18.9 Å². The van der Waals surface area contributed by atoms with Crippen LogP contribution in [0.3, 0.4) is 0 Å². The van der Waals surface area contributed by atoms with E-state index in [2.05, 4.69) is 4.18 Å². The Hall–Kier alpha value is -1.73. The fourth-order valence-corrected chi connectivity index (χ4v) is 3.54. The Labute approximate surface area is 164 Å². The van der Waals surface area contributed by atoms with Gasteiger partial charge in [-0.25, -0.2) is 8.98 Å². The molecule has 0 N–H and O–H groups in total. The molecule has 2 saturated heterocycles. The largest absolute Gasteiger partial charge is 0.523 e. The lowest BCUT2D eigenvalue weighted by Gasteiger charge is -2.25. The highest BCUT2D eigenvalue weighted by molar-refractivity contribution is 7.87. The smallest absolute Gasteiger partial charge is 0.455 e. The predicted molar refractivity (Wildman–Crippen MR) is 89.7 cm³/mol. The molecule has 1 aromatic carbocycles. The summed E-state index contributed by atoms with van der Waals surface area (Å²) >= 11 is 0. The fraction of sp³-hybridized carbons (Fsp3) is 0.588. The Morgan fingerprint density at radius 1 is 1.21 bits per heavy atom. The number of benzene rings is 1. The van der Waals surface area contributed by atoms with Gasteiger partial charge in [-0.1, -0.05) is 30.3 Å². The van der Waals surface area contributed by atoms with Crippen molar-refractivity contribution < 1.29 is 49.5 Å². The summed E-state index contributed by atoms with van der Waals surface area (Å²) in [6.07, 6.45) is -5.71. The molecule has 2 aliphatic heterocycles. The zero-order valence-corrected chi connectivity index (χ0v) is 16.2. The molecule has 0 radical (unpaired) electrons. The summed E-state index contributed by atoms with van der Waals surface area (Å²) in [6.45, 7) is 3.05. The highest BCUT2D eigenvalue weighted by Crippen LogP contribution is 2.35. The second-order valence-corrected chi connectivity index (χ2v) is 8.51. The van der Waals surface area contributed by atoms with E-state index in [9.17, 15) is 26.4 Å². The number of cyclic esters (lactones) is 1. The number of carbonyl (C=O) groups excluding carboxylic acids is 1. The van der Waals surface area contributed by atoms with Crippen molar-refractivity contribution >= 4 is 16.1 Å². The van der Waals surface area contributed by atoms with Crippen LogP contribution in [-0.4, -0.2) is 56.7 Å². The van der Waals surface area contributed by atoms with E-state index in [1.165, 1.54) is 0 Å². The number of hydrogen-bond acceptors (Lipinski definition) is 8. The number of hydrogen-bond donors (Lipinski definition) is 0. The molecule has 2 aliphatic rings. The van der Waals surface area contributed by atoms with Crippen LogP contribution in [0.2, 0.25) is 0 Å². The minimum absolute atomic E-state index is 0.0329. The van der Waals surface area contributed by atoms with Gasteiger partial charge in [-0.15, -0.1) is 0 Å². The second kappa shape index (κ2) is 7.84. The van der Waals surface area contributed by atoms with Crippen LogP contribution in [0.25, 0.3) is 0 Å². The standard InChI is InChI=1S/C17H19F3O8S/c1-16(2)25-9-11(27-16)12-13(24-8-10-6-4-3-5-7-10)14(15(21)26-12)28-29(22,23)17(18,19)20/h3-7,11-14H,8-9H2,1-2H3/t11-,12-,13+,14-/m1/s1. The third-order valence-corrected chi connectivity index (χ3v) is 5.33. The lowest BCUT2D eigenvalue weighted by atomic mass is 10.1. The van der Waals surface area contributed by atoms with Crippen molar-refractivity contribution in [3.05, 3.63) is 35.9 Å². The third-order valence-electron chi connectivity index (χ3n) is 4.30. The Bertz CT molecular complexity index is 840. The monoisotopic (exact) mass is 440 g/mol. The van der Waals surface area contributed by atoms with Crippen LogP contribution in [0, 0.1) is 0 Å². The van der Waals surface area contributed by atoms with Crippen LogP contribution in [0.1, 0.15) is 19.4 Å². The first-order valence-electron chi connectivity index (χ1n) is 8.57. The maximum Gasteiger partial charge on any atom is 0.523 e. The fourth-order valence-electron chi connectivity index (χ4n) is 2.97. The van der Waals surface area contributed by atoms with Gasteiger partial charge in [0, 0.05) is 0 Å². The first kappa shape index (κ1) is 22.0. The summed E-state index contributed by atoms with van der Waals surface area (Å²) in [4.78, 5) is 12.2. The van der Waals surface area contributed by atoms with Crippen molar-refractivity contribution in [2.24, 2.45) is 0 Å². The lowest BCUT2D eigenvalue weighted by molar-refractivity contribution is -0.169. The predicted octanol–water partition coefficient (Wildman–Crippen LogP) is 1.88. The topological polar surface area (TPSA) is 97.4 Å². The second-order valence-electron chi connectivity index (χ2n) is 6.95. The van der Waals surface area contributed by atoms with Gasteiger partial charge in [0.1, 0.15) is 12.2 Å². The summed E-state index contributed by atoms with van der Waals surface area (Å²) in [7, 11) is -6.05.